The molecule has 6 heteroatoms. The van der Waals surface area contributed by atoms with Crippen LogP contribution in [0.15, 0.2) is 36.4 Å². The molecular weight excluding hydrogens is 296 g/mol. The maximum absolute atomic E-state index is 11.7. The highest BCUT2D eigenvalue weighted by molar-refractivity contribution is 5.88. The van der Waals surface area contributed by atoms with E-state index in [-0.39, 0.29) is 0 Å². The first-order valence-electron chi connectivity index (χ1n) is 7.00. The zero-order valence-electron chi connectivity index (χ0n) is 13.6. The maximum atomic E-state index is 11.7. The summed E-state index contributed by atoms with van der Waals surface area (Å²) in [6.07, 6.45) is 0.745. The number of methoxy groups -OCH3 is 3. The van der Waals surface area contributed by atoms with Gasteiger partial charge in [-0.3, -0.25) is 9.69 Å². The van der Waals surface area contributed by atoms with E-state index in [9.17, 15) is 4.79 Å². The molecule has 1 amide bonds. The number of nitrogens with zero attached hydrogens (tertiary/aromatic N) is 1. The van der Waals surface area contributed by atoms with E-state index in [2.05, 4.69) is 5.32 Å². The number of anilines is 3. The van der Waals surface area contributed by atoms with E-state index in [0.29, 0.717) is 28.6 Å². The Morgan fingerprint density at radius 2 is 1.57 bits per heavy atom. The summed E-state index contributed by atoms with van der Waals surface area (Å²) in [5.41, 5.74) is 2.12. The first-order chi connectivity index (χ1) is 11.2. The van der Waals surface area contributed by atoms with Crippen LogP contribution in [0.1, 0.15) is 0 Å². The number of nitrogens with one attached hydrogen (secondary N) is 1. The third-order valence-electron chi connectivity index (χ3n) is 3.45. The van der Waals surface area contributed by atoms with Crippen LogP contribution in [0.2, 0.25) is 0 Å². The number of amides is 1. The van der Waals surface area contributed by atoms with Gasteiger partial charge in [0, 0.05) is 25.2 Å². The Hall–Kier alpha value is -2.89. The van der Waals surface area contributed by atoms with Gasteiger partial charge >= 0.3 is 0 Å². The van der Waals surface area contributed by atoms with Gasteiger partial charge in [0.15, 0.2) is 0 Å². The molecule has 2 aromatic rings. The Morgan fingerprint density at radius 3 is 2.04 bits per heavy atom. The quantitative estimate of drug-likeness (QED) is 0.796. The van der Waals surface area contributed by atoms with Gasteiger partial charge in [-0.25, -0.2) is 0 Å². The highest BCUT2D eigenvalue weighted by Gasteiger charge is 2.13. The number of hydrogen-bond donors (Lipinski definition) is 1. The summed E-state index contributed by atoms with van der Waals surface area (Å²) >= 11 is 0. The number of ether oxygens (including phenoxy) is 3. The van der Waals surface area contributed by atoms with Gasteiger partial charge in [0.05, 0.1) is 38.4 Å². The molecular formula is C17H20N2O4. The lowest BCUT2D eigenvalue weighted by Crippen LogP contribution is -2.14. The van der Waals surface area contributed by atoms with Crippen LogP contribution in [-0.4, -0.2) is 34.8 Å². The largest absolute Gasteiger partial charge is 0.497 e. The monoisotopic (exact) mass is 316 g/mol. The Balaban J connectivity index is 2.49. The van der Waals surface area contributed by atoms with Gasteiger partial charge in [-0.1, -0.05) is 0 Å². The summed E-state index contributed by atoms with van der Waals surface area (Å²) in [6.45, 7) is 0. The second-order valence-corrected chi connectivity index (χ2v) is 4.68. The Bertz CT molecular complexity index is 666. The van der Waals surface area contributed by atoms with Crippen LogP contribution >= 0.6 is 0 Å². The number of rotatable bonds is 7. The second-order valence-electron chi connectivity index (χ2n) is 4.68. The highest BCUT2D eigenvalue weighted by Crippen LogP contribution is 2.35. The Morgan fingerprint density at radius 1 is 0.913 bits per heavy atom. The lowest BCUT2D eigenvalue weighted by Gasteiger charge is -2.20. The van der Waals surface area contributed by atoms with Gasteiger partial charge in [-0.2, -0.15) is 0 Å². The van der Waals surface area contributed by atoms with E-state index in [4.69, 9.17) is 14.2 Å². The van der Waals surface area contributed by atoms with Crippen molar-refractivity contribution in [1.29, 1.82) is 0 Å². The molecule has 0 aromatic heterocycles. The molecule has 0 aliphatic carbocycles. The molecule has 0 radical (unpaired) electrons. The minimum absolute atomic E-state index is 0.605. The van der Waals surface area contributed by atoms with Crippen LogP contribution in [0.4, 0.5) is 17.1 Å². The fraction of sp³-hybridized carbons (Fsp3) is 0.235. The van der Waals surface area contributed by atoms with E-state index < -0.39 is 0 Å². The predicted octanol–water partition coefficient (Wildman–Crippen LogP) is 3.05. The zero-order valence-corrected chi connectivity index (χ0v) is 13.6. The number of benzene rings is 2. The average Bonchev–Trinajstić information content (AvgIpc) is 2.61. The number of carbonyl (C=O) groups is 1. The van der Waals surface area contributed by atoms with Crippen molar-refractivity contribution in [1.82, 2.24) is 0 Å². The molecule has 0 atom stereocenters. The number of hydrogen-bond acceptors (Lipinski definition) is 5. The minimum atomic E-state index is 0.605. The lowest BCUT2D eigenvalue weighted by atomic mass is 10.2. The summed E-state index contributed by atoms with van der Waals surface area (Å²) < 4.78 is 15.8. The van der Waals surface area contributed by atoms with Crippen LogP contribution in [0.25, 0.3) is 0 Å². The van der Waals surface area contributed by atoms with Crippen LogP contribution in [0, 0.1) is 0 Å². The highest BCUT2D eigenvalue weighted by atomic mass is 16.5. The molecule has 0 bridgehead atoms. The van der Waals surface area contributed by atoms with Gasteiger partial charge in [0.1, 0.15) is 17.2 Å². The zero-order chi connectivity index (χ0) is 16.8. The number of carbonyl (C=O) groups excluding carboxylic acids is 1. The molecule has 0 spiro atoms. The minimum Gasteiger partial charge on any atom is -0.497 e. The van der Waals surface area contributed by atoms with Gasteiger partial charge in [-0.05, 0) is 18.2 Å². The molecule has 0 aliphatic rings. The maximum Gasteiger partial charge on any atom is 0.218 e. The average molecular weight is 316 g/mol. The molecule has 0 saturated carbocycles. The van der Waals surface area contributed by atoms with E-state index in [1.807, 2.05) is 6.07 Å². The fourth-order valence-corrected chi connectivity index (χ4v) is 2.24. The van der Waals surface area contributed by atoms with E-state index in [1.165, 1.54) is 4.90 Å². The molecule has 0 aliphatic heterocycles. The van der Waals surface area contributed by atoms with Gasteiger partial charge in [0.25, 0.3) is 0 Å². The summed E-state index contributed by atoms with van der Waals surface area (Å²) in [6, 6.07) is 10.7. The molecule has 122 valence electrons. The predicted molar refractivity (Wildman–Crippen MR) is 90.3 cm³/mol. The van der Waals surface area contributed by atoms with Crippen LogP contribution in [0.5, 0.6) is 17.2 Å². The van der Waals surface area contributed by atoms with Crippen molar-refractivity contribution < 1.29 is 19.0 Å². The van der Waals surface area contributed by atoms with Crippen molar-refractivity contribution in [3.05, 3.63) is 36.4 Å². The third kappa shape index (κ3) is 3.48. The second kappa shape index (κ2) is 7.40. The molecule has 0 fully saturated rings. The third-order valence-corrected chi connectivity index (χ3v) is 3.45. The van der Waals surface area contributed by atoms with Crippen molar-refractivity contribution in [2.75, 3.05) is 38.6 Å². The van der Waals surface area contributed by atoms with Gasteiger partial charge < -0.3 is 19.5 Å². The van der Waals surface area contributed by atoms with Crippen molar-refractivity contribution in [2.24, 2.45) is 0 Å². The van der Waals surface area contributed by atoms with Gasteiger partial charge in [0.2, 0.25) is 6.41 Å². The van der Waals surface area contributed by atoms with Crippen LogP contribution < -0.4 is 24.4 Å². The molecule has 2 rings (SSSR count). The molecule has 0 unspecified atom stereocenters. The van der Waals surface area contributed by atoms with Crippen LogP contribution in [-0.2, 0) is 4.79 Å². The fourth-order valence-electron chi connectivity index (χ4n) is 2.24. The Kier molecular flexibility index (Phi) is 5.30. The standard InChI is InChI=1S/C17H20N2O4/c1-18-16-9-12(5-6-17(16)23-4)19(11-20)13-7-14(21-2)10-15(8-13)22-3/h5-11,18H,1-4H3. The van der Waals surface area contributed by atoms with E-state index >= 15 is 0 Å². The van der Waals surface area contributed by atoms with E-state index in [1.54, 1.807) is 58.7 Å². The molecule has 23 heavy (non-hydrogen) atoms. The molecule has 0 heterocycles. The lowest BCUT2D eigenvalue weighted by molar-refractivity contribution is -0.106. The van der Waals surface area contributed by atoms with E-state index in [0.717, 1.165) is 12.1 Å². The van der Waals surface area contributed by atoms with Crippen molar-refractivity contribution in [3.63, 3.8) is 0 Å². The summed E-state index contributed by atoms with van der Waals surface area (Å²) in [4.78, 5) is 13.2. The smallest absolute Gasteiger partial charge is 0.218 e. The SMILES string of the molecule is CNc1cc(N(C=O)c2cc(OC)cc(OC)c2)ccc1OC. The first kappa shape index (κ1) is 16.5. The Labute approximate surface area is 135 Å². The van der Waals surface area contributed by atoms with Crippen molar-refractivity contribution in [2.45, 2.75) is 0 Å². The summed E-state index contributed by atoms with van der Waals surface area (Å²) in [5.74, 6) is 1.91. The summed E-state index contributed by atoms with van der Waals surface area (Å²) in [7, 11) is 6.52. The van der Waals surface area contributed by atoms with Crippen LogP contribution in [0.3, 0.4) is 0 Å². The first-order valence-corrected chi connectivity index (χ1v) is 7.00. The van der Waals surface area contributed by atoms with Crippen molar-refractivity contribution in [3.8, 4) is 17.2 Å². The molecule has 6 nitrogen and oxygen atoms in total. The summed E-state index contributed by atoms with van der Waals surface area (Å²) in [5, 5.41) is 3.05. The van der Waals surface area contributed by atoms with Gasteiger partial charge in [-0.15, -0.1) is 0 Å². The van der Waals surface area contributed by atoms with Crippen molar-refractivity contribution >= 4 is 23.5 Å². The molecule has 0 saturated heterocycles. The normalized spacial score (nSPS) is 9.91. The molecule has 2 aromatic carbocycles. The molecule has 1 N–H and O–H groups in total. The topological polar surface area (TPSA) is 60.0 Å².